The Labute approximate surface area is 66.9 Å². The number of aliphatic imine (C=N–C) groups is 1. The quantitative estimate of drug-likeness (QED) is 0.552. The molecular weight excluding hydrogens is 136 g/mol. The summed E-state index contributed by atoms with van der Waals surface area (Å²) in [5, 5.41) is 7.52. The predicted octanol–water partition coefficient (Wildman–Crippen LogP) is 1.98. The maximum Gasteiger partial charge on any atom is 0.0851 e. The first-order chi connectivity index (χ1) is 5.29. The Kier molecular flexibility index (Phi) is 2.36. The van der Waals surface area contributed by atoms with E-state index in [1.54, 1.807) is 13.1 Å². The Morgan fingerprint density at radius 2 is 2.27 bits per heavy atom. The van der Waals surface area contributed by atoms with E-state index >= 15 is 0 Å². The minimum atomic E-state index is 0.520. The zero-order valence-electron chi connectivity index (χ0n) is 6.89. The van der Waals surface area contributed by atoms with E-state index in [9.17, 15) is 0 Å². The van der Waals surface area contributed by atoms with E-state index in [4.69, 9.17) is 5.41 Å². The van der Waals surface area contributed by atoms with Crippen LogP contribution in [0.25, 0.3) is 0 Å². The van der Waals surface area contributed by atoms with Crippen molar-refractivity contribution in [3.05, 3.63) is 23.8 Å². The molecule has 0 aromatic heterocycles. The highest BCUT2D eigenvalue weighted by atomic mass is 14.7. The Morgan fingerprint density at radius 3 is 2.73 bits per heavy atom. The topological polar surface area (TPSA) is 36.2 Å². The second-order valence-electron chi connectivity index (χ2n) is 2.39. The summed E-state index contributed by atoms with van der Waals surface area (Å²) in [5.74, 6) is 0. The fraction of sp³-hybridized carbons (Fsp3) is 0.333. The van der Waals surface area contributed by atoms with E-state index in [1.807, 2.05) is 12.2 Å². The molecule has 1 aliphatic rings. The molecule has 0 aliphatic heterocycles. The van der Waals surface area contributed by atoms with Crippen molar-refractivity contribution < 1.29 is 0 Å². The minimum Gasteiger partial charge on any atom is -0.299 e. The van der Waals surface area contributed by atoms with Crippen molar-refractivity contribution in [2.24, 2.45) is 4.99 Å². The normalized spacial score (nSPS) is 20.7. The lowest BCUT2D eigenvalue weighted by atomic mass is 9.99. The second kappa shape index (κ2) is 3.28. The number of hydrogen-bond donors (Lipinski definition) is 1. The van der Waals surface area contributed by atoms with Crippen molar-refractivity contribution in [2.45, 2.75) is 13.3 Å². The van der Waals surface area contributed by atoms with Gasteiger partial charge in [0.25, 0.3) is 0 Å². The molecule has 0 spiro atoms. The van der Waals surface area contributed by atoms with Gasteiger partial charge in [-0.05, 0) is 18.1 Å². The van der Waals surface area contributed by atoms with E-state index in [1.165, 1.54) is 0 Å². The lowest BCUT2D eigenvalue weighted by molar-refractivity contribution is 1.16. The zero-order valence-corrected chi connectivity index (χ0v) is 6.89. The molecule has 2 nitrogen and oxygen atoms in total. The third-order valence-electron chi connectivity index (χ3n) is 1.72. The van der Waals surface area contributed by atoms with Crippen LogP contribution in [0, 0.1) is 5.41 Å². The largest absolute Gasteiger partial charge is 0.299 e. The van der Waals surface area contributed by atoms with Crippen LogP contribution in [0.1, 0.15) is 13.3 Å². The van der Waals surface area contributed by atoms with Crippen molar-refractivity contribution in [1.82, 2.24) is 0 Å². The molecule has 0 unspecified atom stereocenters. The molecule has 0 atom stereocenters. The molecule has 0 amide bonds. The molecule has 0 saturated carbocycles. The number of nitrogens with zero attached hydrogens (tertiary/aromatic N) is 1. The van der Waals surface area contributed by atoms with Crippen molar-refractivity contribution in [2.75, 3.05) is 7.05 Å². The number of rotatable bonds is 1. The second-order valence-corrected chi connectivity index (χ2v) is 2.39. The molecule has 1 N–H and O–H groups in total. The molecule has 0 aromatic rings. The van der Waals surface area contributed by atoms with Crippen LogP contribution >= 0.6 is 0 Å². The summed E-state index contributed by atoms with van der Waals surface area (Å²) in [7, 11) is 1.73. The summed E-state index contributed by atoms with van der Waals surface area (Å²) in [6, 6.07) is 0. The van der Waals surface area contributed by atoms with Gasteiger partial charge in [-0.2, -0.15) is 0 Å². The lowest BCUT2D eigenvalue weighted by Crippen LogP contribution is -2.15. The fourth-order valence-corrected chi connectivity index (χ4v) is 1.14. The first-order valence-electron chi connectivity index (χ1n) is 3.73. The van der Waals surface area contributed by atoms with Gasteiger partial charge in [0.05, 0.1) is 11.4 Å². The Hall–Kier alpha value is -1.18. The Bertz CT molecular complexity index is 257. The first-order valence-corrected chi connectivity index (χ1v) is 3.73. The highest BCUT2D eigenvalue weighted by Crippen LogP contribution is 2.10. The van der Waals surface area contributed by atoms with E-state index in [0.29, 0.717) is 5.71 Å². The smallest absolute Gasteiger partial charge is 0.0851 e. The molecule has 0 fully saturated rings. The van der Waals surface area contributed by atoms with Gasteiger partial charge in [0, 0.05) is 7.05 Å². The average Bonchev–Trinajstić information content (AvgIpc) is 2.04. The average molecular weight is 148 g/mol. The Morgan fingerprint density at radius 1 is 1.55 bits per heavy atom. The van der Waals surface area contributed by atoms with Crippen LogP contribution in [0.4, 0.5) is 0 Å². The van der Waals surface area contributed by atoms with Gasteiger partial charge in [-0.25, -0.2) is 0 Å². The summed E-state index contributed by atoms with van der Waals surface area (Å²) < 4.78 is 0. The van der Waals surface area contributed by atoms with Crippen LogP contribution in [-0.4, -0.2) is 18.5 Å². The van der Waals surface area contributed by atoms with Crippen LogP contribution in [0.15, 0.2) is 28.8 Å². The van der Waals surface area contributed by atoms with Crippen LogP contribution in [-0.2, 0) is 0 Å². The van der Waals surface area contributed by atoms with Crippen LogP contribution in [0.3, 0.4) is 0 Å². The highest BCUT2D eigenvalue weighted by Gasteiger charge is 2.10. The van der Waals surface area contributed by atoms with Gasteiger partial charge in [0.2, 0.25) is 0 Å². The van der Waals surface area contributed by atoms with Crippen LogP contribution < -0.4 is 0 Å². The van der Waals surface area contributed by atoms with Gasteiger partial charge >= 0.3 is 0 Å². The van der Waals surface area contributed by atoms with Crippen molar-refractivity contribution in [3.8, 4) is 0 Å². The van der Waals surface area contributed by atoms with E-state index in [2.05, 4.69) is 11.9 Å². The van der Waals surface area contributed by atoms with Crippen molar-refractivity contribution in [3.63, 3.8) is 0 Å². The molecular formula is C9H12N2. The summed E-state index contributed by atoms with van der Waals surface area (Å²) in [6.07, 6.45) is 6.62. The highest BCUT2D eigenvalue weighted by molar-refractivity contribution is 6.51. The molecule has 0 saturated heterocycles. The molecule has 11 heavy (non-hydrogen) atoms. The molecule has 0 bridgehead atoms. The summed E-state index contributed by atoms with van der Waals surface area (Å²) in [5.41, 5.74) is 2.50. The lowest BCUT2D eigenvalue weighted by Gasteiger charge is -2.09. The van der Waals surface area contributed by atoms with Gasteiger partial charge in [0.1, 0.15) is 0 Å². The first kappa shape index (κ1) is 7.92. The van der Waals surface area contributed by atoms with Crippen LogP contribution in [0.5, 0.6) is 0 Å². The predicted molar refractivity (Wildman–Crippen MR) is 48.6 cm³/mol. The monoisotopic (exact) mass is 148 g/mol. The third-order valence-corrected chi connectivity index (χ3v) is 1.72. The summed E-state index contributed by atoms with van der Waals surface area (Å²) >= 11 is 0. The summed E-state index contributed by atoms with van der Waals surface area (Å²) in [6.45, 7) is 2.07. The maximum atomic E-state index is 7.52. The minimum absolute atomic E-state index is 0.520. The van der Waals surface area contributed by atoms with Gasteiger partial charge < -0.3 is 0 Å². The number of hydrogen-bond acceptors (Lipinski definition) is 2. The Balaban J connectivity index is 3.00. The summed E-state index contributed by atoms with van der Waals surface area (Å²) in [4.78, 5) is 4.05. The molecule has 0 radical (unpaired) electrons. The molecule has 0 aromatic carbocycles. The van der Waals surface area contributed by atoms with Gasteiger partial charge in [-0.1, -0.05) is 19.1 Å². The zero-order chi connectivity index (χ0) is 8.27. The maximum absolute atomic E-state index is 7.52. The number of allylic oxidation sites excluding steroid dienone is 4. The molecule has 1 aliphatic carbocycles. The standard InChI is InChI=1S/C9H12N2/c1-3-7-5-4-6-8(10)9(7)11-2/h4-6,10H,3H2,1-2H3. The van der Waals surface area contributed by atoms with Gasteiger partial charge in [-0.15, -0.1) is 0 Å². The van der Waals surface area contributed by atoms with Crippen LogP contribution in [0.2, 0.25) is 0 Å². The van der Waals surface area contributed by atoms with Gasteiger partial charge in [-0.3, -0.25) is 10.4 Å². The van der Waals surface area contributed by atoms with Gasteiger partial charge in [0.15, 0.2) is 0 Å². The van der Waals surface area contributed by atoms with E-state index in [0.717, 1.165) is 17.7 Å². The molecule has 2 heteroatoms. The third kappa shape index (κ3) is 1.45. The molecule has 58 valence electrons. The fourth-order valence-electron chi connectivity index (χ4n) is 1.14. The van der Waals surface area contributed by atoms with E-state index < -0.39 is 0 Å². The van der Waals surface area contributed by atoms with Crippen molar-refractivity contribution >= 4 is 11.4 Å². The van der Waals surface area contributed by atoms with Crippen molar-refractivity contribution in [1.29, 1.82) is 5.41 Å². The van der Waals surface area contributed by atoms with E-state index in [-0.39, 0.29) is 0 Å². The number of nitrogens with one attached hydrogen (secondary N) is 1. The SMILES string of the molecule is CCC1=CC=CC(=N)C1=NC. The molecule has 1 rings (SSSR count). The molecule has 0 heterocycles.